The highest BCUT2D eigenvalue weighted by molar-refractivity contribution is 5.95. The van der Waals surface area contributed by atoms with Crippen molar-refractivity contribution in [3.05, 3.63) is 42.7 Å². The molecule has 0 saturated carbocycles. The van der Waals surface area contributed by atoms with Gasteiger partial charge in [0, 0.05) is 18.1 Å². The van der Waals surface area contributed by atoms with E-state index in [1.54, 1.807) is 23.0 Å². The van der Waals surface area contributed by atoms with Crippen LogP contribution in [0.2, 0.25) is 0 Å². The summed E-state index contributed by atoms with van der Waals surface area (Å²) in [7, 11) is 0. The van der Waals surface area contributed by atoms with Crippen LogP contribution in [0.4, 0.5) is 5.69 Å². The van der Waals surface area contributed by atoms with Crippen LogP contribution in [0.25, 0.3) is 5.69 Å². The molecule has 0 fully saturated rings. The summed E-state index contributed by atoms with van der Waals surface area (Å²) < 4.78 is 1.72. The highest BCUT2D eigenvalue weighted by Gasteiger charge is 2.27. The summed E-state index contributed by atoms with van der Waals surface area (Å²) in [6.45, 7) is 5.50. The van der Waals surface area contributed by atoms with Gasteiger partial charge in [0.15, 0.2) is 0 Å². The molecular weight excluding hydrogens is 342 g/mol. The van der Waals surface area contributed by atoms with Crippen molar-refractivity contribution in [2.24, 2.45) is 11.1 Å². The van der Waals surface area contributed by atoms with Crippen molar-refractivity contribution >= 4 is 29.9 Å². The van der Waals surface area contributed by atoms with Crippen molar-refractivity contribution in [1.82, 2.24) is 15.1 Å². The minimum absolute atomic E-state index is 0. The summed E-state index contributed by atoms with van der Waals surface area (Å²) in [5.41, 5.74) is 7.02. The van der Waals surface area contributed by atoms with Crippen molar-refractivity contribution in [3.8, 4) is 5.69 Å². The van der Waals surface area contributed by atoms with E-state index in [2.05, 4.69) is 15.7 Å². The van der Waals surface area contributed by atoms with Crippen LogP contribution < -0.4 is 16.4 Å². The average molecular weight is 366 g/mol. The molecule has 2 aromatic rings. The summed E-state index contributed by atoms with van der Waals surface area (Å²) >= 11 is 0. The van der Waals surface area contributed by atoms with Gasteiger partial charge in [-0.1, -0.05) is 20.8 Å². The number of anilines is 1. The smallest absolute Gasteiger partial charge is 0.243 e. The van der Waals surface area contributed by atoms with Gasteiger partial charge in [0.1, 0.15) is 0 Å². The molecule has 0 aliphatic rings. The molecule has 2 amide bonds. The second kappa shape index (κ2) is 8.64. The number of nitrogens with one attached hydrogen (secondary N) is 2. The number of rotatable bonds is 5. The SMILES string of the molecule is CC(C)(C)[C@H](N)C(=O)NCC(=O)Nc1ccc(-n2cccn2)cc1.Cl. The van der Waals surface area contributed by atoms with Crippen molar-refractivity contribution in [1.29, 1.82) is 0 Å². The van der Waals surface area contributed by atoms with E-state index in [0.29, 0.717) is 5.69 Å². The summed E-state index contributed by atoms with van der Waals surface area (Å²) in [5, 5.41) is 9.41. The van der Waals surface area contributed by atoms with Crippen molar-refractivity contribution in [2.45, 2.75) is 26.8 Å². The van der Waals surface area contributed by atoms with Crippen LogP contribution in [-0.4, -0.2) is 34.2 Å². The quantitative estimate of drug-likeness (QED) is 0.750. The summed E-state index contributed by atoms with van der Waals surface area (Å²) in [6, 6.07) is 8.40. The van der Waals surface area contributed by atoms with Gasteiger partial charge < -0.3 is 16.4 Å². The first-order chi connectivity index (χ1) is 11.3. The van der Waals surface area contributed by atoms with Gasteiger partial charge in [-0.25, -0.2) is 4.68 Å². The number of hydrogen-bond acceptors (Lipinski definition) is 4. The Bertz CT molecular complexity index is 693. The Hall–Kier alpha value is -2.38. The molecule has 1 aromatic heterocycles. The first-order valence-electron chi connectivity index (χ1n) is 7.70. The Morgan fingerprint density at radius 1 is 1.24 bits per heavy atom. The lowest BCUT2D eigenvalue weighted by molar-refractivity contribution is -0.126. The standard InChI is InChI=1S/C17H23N5O2.ClH/c1-17(2,3)15(18)16(24)19-11-14(23)21-12-5-7-13(8-6-12)22-10-4-9-20-22;/h4-10,15H,11,18H2,1-3H3,(H,19,24)(H,21,23);1H/t15-;/m1./s1. The summed E-state index contributed by atoms with van der Waals surface area (Å²) in [6.07, 6.45) is 3.53. The maximum absolute atomic E-state index is 11.9. The molecule has 0 saturated heterocycles. The minimum atomic E-state index is -0.668. The van der Waals surface area contributed by atoms with E-state index >= 15 is 0 Å². The third kappa shape index (κ3) is 5.88. The zero-order valence-corrected chi connectivity index (χ0v) is 15.3. The van der Waals surface area contributed by atoms with Crippen LogP contribution >= 0.6 is 12.4 Å². The number of nitrogens with two attached hydrogens (primary N) is 1. The number of nitrogens with zero attached hydrogens (tertiary/aromatic N) is 2. The molecule has 136 valence electrons. The lowest BCUT2D eigenvalue weighted by atomic mass is 9.87. The van der Waals surface area contributed by atoms with E-state index in [4.69, 9.17) is 5.73 Å². The molecule has 0 bridgehead atoms. The highest BCUT2D eigenvalue weighted by Crippen LogP contribution is 2.17. The van der Waals surface area contributed by atoms with Crippen LogP contribution in [0.5, 0.6) is 0 Å². The lowest BCUT2D eigenvalue weighted by Gasteiger charge is -2.25. The summed E-state index contributed by atoms with van der Waals surface area (Å²) in [4.78, 5) is 23.8. The molecule has 0 aliphatic heterocycles. The van der Waals surface area contributed by atoms with Gasteiger partial charge in [0.2, 0.25) is 11.8 Å². The Labute approximate surface area is 153 Å². The molecule has 0 spiro atoms. The number of hydrogen-bond donors (Lipinski definition) is 3. The molecule has 0 unspecified atom stereocenters. The van der Waals surface area contributed by atoms with E-state index in [-0.39, 0.29) is 36.2 Å². The van der Waals surface area contributed by atoms with Gasteiger partial charge in [0.05, 0.1) is 18.3 Å². The Balaban J connectivity index is 0.00000312. The zero-order chi connectivity index (χ0) is 17.7. The van der Waals surface area contributed by atoms with Crippen molar-refractivity contribution < 1.29 is 9.59 Å². The summed E-state index contributed by atoms with van der Waals surface area (Å²) in [5.74, 6) is -0.650. The normalized spacial score (nSPS) is 12.0. The fourth-order valence-corrected chi connectivity index (χ4v) is 1.99. The number of halogens is 1. The van der Waals surface area contributed by atoms with Crippen LogP contribution in [0.1, 0.15) is 20.8 Å². The fourth-order valence-electron chi connectivity index (χ4n) is 1.99. The molecule has 0 aliphatic carbocycles. The molecule has 1 heterocycles. The second-order valence-corrected chi connectivity index (χ2v) is 6.61. The van der Waals surface area contributed by atoms with Crippen LogP contribution in [0.3, 0.4) is 0 Å². The first kappa shape index (κ1) is 20.7. The monoisotopic (exact) mass is 365 g/mol. The molecule has 2 rings (SSSR count). The molecule has 1 atom stereocenters. The maximum atomic E-state index is 11.9. The number of benzene rings is 1. The fraction of sp³-hybridized carbons (Fsp3) is 0.353. The lowest BCUT2D eigenvalue weighted by Crippen LogP contribution is -2.50. The molecular formula is C17H24ClN5O2. The molecule has 1 aromatic carbocycles. The van der Waals surface area contributed by atoms with E-state index in [0.717, 1.165) is 5.69 Å². The minimum Gasteiger partial charge on any atom is -0.346 e. The largest absolute Gasteiger partial charge is 0.346 e. The van der Waals surface area contributed by atoms with Gasteiger partial charge in [-0.3, -0.25) is 9.59 Å². The first-order valence-corrected chi connectivity index (χ1v) is 7.70. The van der Waals surface area contributed by atoms with Gasteiger partial charge in [-0.05, 0) is 35.7 Å². The van der Waals surface area contributed by atoms with Crippen molar-refractivity contribution in [3.63, 3.8) is 0 Å². The molecule has 7 nitrogen and oxygen atoms in total. The number of amides is 2. The van der Waals surface area contributed by atoms with E-state index < -0.39 is 6.04 Å². The molecule has 4 N–H and O–H groups in total. The van der Waals surface area contributed by atoms with E-state index in [9.17, 15) is 9.59 Å². The van der Waals surface area contributed by atoms with Crippen LogP contribution in [0.15, 0.2) is 42.7 Å². The predicted octanol–water partition coefficient (Wildman–Crippen LogP) is 1.72. The van der Waals surface area contributed by atoms with Crippen LogP contribution in [-0.2, 0) is 9.59 Å². The Morgan fingerprint density at radius 3 is 2.40 bits per heavy atom. The van der Waals surface area contributed by atoms with Gasteiger partial charge in [0.25, 0.3) is 0 Å². The maximum Gasteiger partial charge on any atom is 0.243 e. The third-order valence-electron chi connectivity index (χ3n) is 3.56. The molecule has 25 heavy (non-hydrogen) atoms. The zero-order valence-electron chi connectivity index (χ0n) is 14.5. The predicted molar refractivity (Wildman–Crippen MR) is 99.9 cm³/mol. The van der Waals surface area contributed by atoms with Crippen molar-refractivity contribution in [2.75, 3.05) is 11.9 Å². The molecule has 8 heteroatoms. The molecule has 0 radical (unpaired) electrons. The van der Waals surface area contributed by atoms with E-state index in [1.165, 1.54) is 0 Å². The van der Waals surface area contributed by atoms with Gasteiger partial charge in [-0.15, -0.1) is 12.4 Å². The Kier molecular flexibility index (Phi) is 7.14. The number of carbonyl (C=O) groups excluding carboxylic acids is 2. The number of aromatic nitrogens is 2. The average Bonchev–Trinajstić information content (AvgIpc) is 3.06. The van der Waals surface area contributed by atoms with Gasteiger partial charge in [-0.2, -0.15) is 5.10 Å². The third-order valence-corrected chi connectivity index (χ3v) is 3.56. The van der Waals surface area contributed by atoms with Gasteiger partial charge >= 0.3 is 0 Å². The number of carbonyl (C=O) groups is 2. The second-order valence-electron chi connectivity index (χ2n) is 6.61. The highest BCUT2D eigenvalue weighted by atomic mass is 35.5. The van der Waals surface area contributed by atoms with Crippen LogP contribution in [0, 0.1) is 5.41 Å². The Morgan fingerprint density at radius 2 is 1.88 bits per heavy atom. The topological polar surface area (TPSA) is 102 Å². The van der Waals surface area contributed by atoms with E-state index in [1.807, 2.05) is 45.2 Å².